The Bertz CT molecular complexity index is 1490. The zero-order valence-electron chi connectivity index (χ0n) is 20.3. The molecule has 0 saturated heterocycles. The van der Waals surface area contributed by atoms with Crippen LogP contribution in [0.2, 0.25) is 5.02 Å². The highest BCUT2D eigenvalue weighted by Crippen LogP contribution is 2.37. The number of anilines is 1. The summed E-state index contributed by atoms with van der Waals surface area (Å²) in [7, 11) is 0. The van der Waals surface area contributed by atoms with Gasteiger partial charge in [-0.1, -0.05) is 65.4 Å². The number of ether oxygens (including phenoxy) is 1. The Morgan fingerprint density at radius 2 is 1.71 bits per heavy atom. The summed E-state index contributed by atoms with van der Waals surface area (Å²) in [6.45, 7) is 0. The predicted octanol–water partition coefficient (Wildman–Crippen LogP) is 7.15. The van der Waals surface area contributed by atoms with E-state index >= 15 is 0 Å². The van der Waals surface area contributed by atoms with Crippen molar-refractivity contribution in [1.29, 1.82) is 0 Å². The molecular formula is C25H17ClF7N5O2S. The lowest BCUT2D eigenvalue weighted by atomic mass is 9.80. The number of hydrogen-bond acceptors (Lipinski definition) is 6. The SMILES string of the molecule is O=C(Nc1nnc(C(F)(F)F)s1)NC(Cc1ccccc1)(c1cccc(OC(F)(F)C(F)F)c1)c1ccc(Cl)cn1. The van der Waals surface area contributed by atoms with Crippen LogP contribution in [-0.2, 0) is 18.1 Å². The Morgan fingerprint density at radius 1 is 0.976 bits per heavy atom. The molecule has 4 rings (SSSR count). The Balaban J connectivity index is 1.82. The molecule has 16 heteroatoms. The van der Waals surface area contributed by atoms with E-state index in [9.17, 15) is 35.5 Å². The van der Waals surface area contributed by atoms with E-state index in [4.69, 9.17) is 11.6 Å². The number of amides is 2. The zero-order valence-corrected chi connectivity index (χ0v) is 21.9. The Labute approximate surface area is 236 Å². The number of urea groups is 1. The highest BCUT2D eigenvalue weighted by molar-refractivity contribution is 7.15. The van der Waals surface area contributed by atoms with Crippen LogP contribution >= 0.6 is 22.9 Å². The third-order valence-electron chi connectivity index (χ3n) is 5.53. The molecule has 2 heterocycles. The largest absolute Gasteiger partial charge is 0.461 e. The fraction of sp³-hybridized carbons (Fsp3) is 0.200. The molecule has 2 aromatic carbocycles. The van der Waals surface area contributed by atoms with Crippen LogP contribution in [0.25, 0.3) is 0 Å². The molecule has 2 N–H and O–H groups in total. The topological polar surface area (TPSA) is 89.0 Å². The van der Waals surface area contributed by atoms with Crippen LogP contribution in [0.15, 0.2) is 72.9 Å². The number of carbonyl (C=O) groups excluding carboxylic acids is 1. The number of halogens is 8. The maximum Gasteiger partial charge on any atom is 0.461 e. The summed E-state index contributed by atoms with van der Waals surface area (Å²) in [5, 5.41) is 9.62. The van der Waals surface area contributed by atoms with E-state index in [0.29, 0.717) is 5.56 Å². The number of pyridine rings is 1. The number of hydrogen-bond donors (Lipinski definition) is 2. The molecule has 0 aliphatic rings. The first-order valence-electron chi connectivity index (χ1n) is 11.4. The van der Waals surface area contributed by atoms with Crippen molar-refractivity contribution >= 4 is 34.1 Å². The van der Waals surface area contributed by atoms with Gasteiger partial charge < -0.3 is 10.1 Å². The van der Waals surface area contributed by atoms with Gasteiger partial charge in [0.25, 0.3) is 0 Å². The van der Waals surface area contributed by atoms with Gasteiger partial charge >= 0.3 is 24.7 Å². The first kappa shape index (κ1) is 30.0. The zero-order chi connectivity index (χ0) is 29.8. The molecule has 1 unspecified atom stereocenters. The molecule has 7 nitrogen and oxygen atoms in total. The normalized spacial score (nSPS) is 13.5. The van der Waals surface area contributed by atoms with Crippen LogP contribution in [0.5, 0.6) is 5.75 Å². The number of carbonyl (C=O) groups is 1. The van der Waals surface area contributed by atoms with Crippen molar-refractivity contribution in [2.24, 2.45) is 0 Å². The monoisotopic (exact) mass is 619 g/mol. The molecule has 0 saturated carbocycles. The summed E-state index contributed by atoms with van der Waals surface area (Å²) in [5.41, 5.74) is -0.953. The number of nitrogens with one attached hydrogen (secondary N) is 2. The predicted molar refractivity (Wildman–Crippen MR) is 135 cm³/mol. The van der Waals surface area contributed by atoms with E-state index in [1.807, 2.05) is 0 Å². The van der Waals surface area contributed by atoms with Crippen LogP contribution in [-0.4, -0.2) is 33.7 Å². The van der Waals surface area contributed by atoms with Gasteiger partial charge in [-0.15, -0.1) is 10.2 Å². The van der Waals surface area contributed by atoms with Crippen LogP contribution in [0.4, 0.5) is 40.7 Å². The van der Waals surface area contributed by atoms with Crippen molar-refractivity contribution in [3.8, 4) is 5.75 Å². The second kappa shape index (κ2) is 11.9. The Morgan fingerprint density at radius 3 is 2.32 bits per heavy atom. The van der Waals surface area contributed by atoms with E-state index in [1.54, 1.807) is 30.3 Å². The number of benzene rings is 2. The molecule has 0 spiro atoms. The van der Waals surface area contributed by atoms with Crippen LogP contribution < -0.4 is 15.4 Å². The molecule has 0 radical (unpaired) electrons. The summed E-state index contributed by atoms with van der Waals surface area (Å²) < 4.78 is 96.4. The van der Waals surface area contributed by atoms with E-state index in [2.05, 4.69) is 30.6 Å². The standard InChI is InChI=1S/C25H17ClF7N5O2S/c26-16-9-10-18(34-13-16)23(12-14-5-2-1-3-6-14,15-7-4-8-17(11-15)40-25(32,33)19(27)28)36-21(39)35-22-38-37-20(41-22)24(29,30)31/h1-11,13,19H,12H2,(H2,35,36,38,39). The van der Waals surface area contributed by atoms with Crippen LogP contribution in [0.3, 0.4) is 0 Å². The van der Waals surface area contributed by atoms with E-state index < -0.39 is 46.2 Å². The number of nitrogens with zero attached hydrogens (tertiary/aromatic N) is 3. The minimum absolute atomic E-state index is 0.0575. The second-order valence-corrected chi connectivity index (χ2v) is 9.82. The fourth-order valence-electron chi connectivity index (χ4n) is 3.79. The number of rotatable bonds is 9. The van der Waals surface area contributed by atoms with E-state index in [1.165, 1.54) is 30.5 Å². The van der Waals surface area contributed by atoms with Gasteiger partial charge in [0.1, 0.15) is 11.3 Å². The number of aromatic nitrogens is 3. The molecule has 0 aliphatic heterocycles. The first-order valence-corrected chi connectivity index (χ1v) is 12.6. The smallest absolute Gasteiger partial charge is 0.428 e. The van der Waals surface area contributed by atoms with Crippen molar-refractivity contribution in [2.45, 2.75) is 30.7 Å². The third kappa shape index (κ3) is 7.21. The Hall–Kier alpha value is -3.98. The van der Waals surface area contributed by atoms with Crippen LogP contribution in [0.1, 0.15) is 21.8 Å². The summed E-state index contributed by atoms with van der Waals surface area (Å²) in [5.74, 6) is -0.652. The fourth-order valence-corrected chi connectivity index (χ4v) is 4.51. The van der Waals surface area contributed by atoms with Gasteiger partial charge in [0.15, 0.2) is 0 Å². The second-order valence-electron chi connectivity index (χ2n) is 8.41. The van der Waals surface area contributed by atoms with Crippen molar-refractivity contribution < 1.29 is 40.3 Å². The van der Waals surface area contributed by atoms with Gasteiger partial charge in [0.05, 0.1) is 10.7 Å². The van der Waals surface area contributed by atoms with Gasteiger partial charge in [-0.05, 0) is 35.4 Å². The molecular weight excluding hydrogens is 603 g/mol. The quantitative estimate of drug-likeness (QED) is 0.194. The van der Waals surface area contributed by atoms with E-state index in [-0.39, 0.29) is 34.0 Å². The van der Waals surface area contributed by atoms with Crippen molar-refractivity contribution in [1.82, 2.24) is 20.5 Å². The molecule has 2 amide bonds. The lowest BCUT2D eigenvalue weighted by molar-refractivity contribution is -0.253. The molecule has 2 aromatic heterocycles. The van der Waals surface area contributed by atoms with Crippen molar-refractivity contribution in [3.05, 3.63) is 99.8 Å². The van der Waals surface area contributed by atoms with Crippen molar-refractivity contribution in [2.75, 3.05) is 5.32 Å². The molecule has 0 fully saturated rings. The maximum atomic E-state index is 13.7. The van der Waals surface area contributed by atoms with Gasteiger partial charge in [-0.25, -0.2) is 4.79 Å². The van der Waals surface area contributed by atoms with E-state index in [0.717, 1.165) is 12.1 Å². The van der Waals surface area contributed by atoms with Gasteiger partial charge in [0.2, 0.25) is 10.1 Å². The summed E-state index contributed by atoms with van der Waals surface area (Å²) in [6, 6.07) is 15.0. The van der Waals surface area contributed by atoms with Crippen LogP contribution in [0, 0.1) is 0 Å². The minimum atomic E-state index is -4.82. The van der Waals surface area contributed by atoms with Gasteiger partial charge in [-0.2, -0.15) is 30.7 Å². The molecule has 216 valence electrons. The average molecular weight is 620 g/mol. The minimum Gasteiger partial charge on any atom is -0.428 e. The summed E-state index contributed by atoms with van der Waals surface area (Å²) in [6.07, 6.45) is -12.6. The first-order chi connectivity index (χ1) is 19.3. The summed E-state index contributed by atoms with van der Waals surface area (Å²) in [4.78, 5) is 17.5. The molecule has 1 atom stereocenters. The number of alkyl halides is 7. The summed E-state index contributed by atoms with van der Waals surface area (Å²) >= 11 is 6.08. The highest BCUT2D eigenvalue weighted by atomic mass is 35.5. The van der Waals surface area contributed by atoms with Crippen molar-refractivity contribution in [3.63, 3.8) is 0 Å². The molecule has 4 aromatic rings. The third-order valence-corrected chi connectivity index (χ3v) is 6.63. The van der Waals surface area contributed by atoms with Gasteiger partial charge in [-0.3, -0.25) is 10.3 Å². The average Bonchev–Trinajstić information content (AvgIpc) is 3.38. The van der Waals surface area contributed by atoms with Gasteiger partial charge in [0, 0.05) is 12.6 Å². The lowest BCUT2D eigenvalue weighted by Crippen LogP contribution is -2.50. The molecule has 41 heavy (non-hydrogen) atoms. The Kier molecular flexibility index (Phi) is 8.68. The molecule has 0 aliphatic carbocycles. The maximum absolute atomic E-state index is 13.7. The molecule has 0 bridgehead atoms. The highest BCUT2D eigenvalue weighted by Gasteiger charge is 2.45. The lowest BCUT2D eigenvalue weighted by Gasteiger charge is -2.35.